The van der Waals surface area contributed by atoms with Crippen LogP contribution in [0.3, 0.4) is 0 Å². The summed E-state index contributed by atoms with van der Waals surface area (Å²) >= 11 is 0. The van der Waals surface area contributed by atoms with Crippen LogP contribution in [0.15, 0.2) is 30.6 Å². The highest BCUT2D eigenvalue weighted by molar-refractivity contribution is 5.47. The molecule has 1 aromatic carbocycles. The molecule has 0 unspecified atom stereocenters. The smallest absolute Gasteiger partial charge is 0.133 e. The summed E-state index contributed by atoms with van der Waals surface area (Å²) in [5.74, 6) is 1.87. The number of hydrogen-bond acceptors (Lipinski definition) is 4. The number of aromatic nitrogens is 2. The number of fused-ring (bicyclic) bond motifs is 1. The quantitative estimate of drug-likeness (QED) is 0.927. The van der Waals surface area contributed by atoms with Gasteiger partial charge in [-0.2, -0.15) is 0 Å². The normalized spacial score (nSPS) is 13.7. The van der Waals surface area contributed by atoms with Crippen molar-refractivity contribution in [3.63, 3.8) is 0 Å². The van der Waals surface area contributed by atoms with Gasteiger partial charge in [0.2, 0.25) is 0 Å². The predicted molar refractivity (Wildman–Crippen MR) is 79.0 cm³/mol. The monoisotopic (exact) mass is 269 g/mol. The molecule has 1 aliphatic carbocycles. The van der Waals surface area contributed by atoms with E-state index >= 15 is 0 Å². The predicted octanol–water partition coefficient (Wildman–Crippen LogP) is 2.98. The molecule has 4 heteroatoms. The highest BCUT2D eigenvalue weighted by Crippen LogP contribution is 2.24. The summed E-state index contributed by atoms with van der Waals surface area (Å²) in [5, 5.41) is 3.43. The molecule has 1 aliphatic rings. The molecule has 1 aromatic heterocycles. The van der Waals surface area contributed by atoms with Gasteiger partial charge in [0.25, 0.3) is 0 Å². The number of nitrogens with one attached hydrogen (secondary N) is 1. The lowest BCUT2D eigenvalue weighted by Crippen LogP contribution is -2.12. The van der Waals surface area contributed by atoms with E-state index in [1.165, 1.54) is 29.7 Å². The number of aryl methyl sites for hydroxylation is 1. The minimum absolute atomic E-state index is 0.751. The summed E-state index contributed by atoms with van der Waals surface area (Å²) in [6, 6.07) is 8.09. The largest absolute Gasteiger partial charge is 0.497 e. The Morgan fingerprint density at radius 2 is 2.10 bits per heavy atom. The fourth-order valence-electron chi connectivity index (χ4n) is 2.64. The van der Waals surface area contributed by atoms with Gasteiger partial charge in [-0.1, -0.05) is 12.1 Å². The lowest BCUT2D eigenvalue weighted by atomic mass is 9.96. The maximum Gasteiger partial charge on any atom is 0.133 e. The van der Waals surface area contributed by atoms with E-state index in [1.807, 2.05) is 18.2 Å². The Morgan fingerprint density at radius 1 is 1.20 bits per heavy atom. The summed E-state index contributed by atoms with van der Waals surface area (Å²) in [6.45, 7) is 0.751. The number of rotatable bonds is 4. The zero-order valence-electron chi connectivity index (χ0n) is 11.7. The van der Waals surface area contributed by atoms with Crippen LogP contribution in [0, 0.1) is 0 Å². The standard InChI is InChI=1S/C16H19N3O/c1-20-13-6-4-5-12(9-13)10-17-16-14-7-2-3-8-15(14)18-11-19-16/h4-6,9,11H,2-3,7-8,10H2,1H3,(H,17,18,19). The second-order valence-corrected chi connectivity index (χ2v) is 5.06. The molecule has 1 N–H and O–H groups in total. The SMILES string of the molecule is COc1cccc(CNc2ncnc3c2CCCC3)c1. The fraction of sp³-hybridized carbons (Fsp3) is 0.375. The van der Waals surface area contributed by atoms with Crippen LogP contribution in [-0.2, 0) is 19.4 Å². The zero-order chi connectivity index (χ0) is 13.8. The maximum absolute atomic E-state index is 5.24. The zero-order valence-corrected chi connectivity index (χ0v) is 11.7. The molecule has 3 rings (SSSR count). The molecule has 2 aromatic rings. The molecule has 104 valence electrons. The molecular formula is C16H19N3O. The lowest BCUT2D eigenvalue weighted by Gasteiger charge is -2.18. The molecule has 0 radical (unpaired) electrons. The molecule has 0 spiro atoms. The molecule has 0 saturated carbocycles. The first-order chi connectivity index (χ1) is 9.86. The fourth-order valence-corrected chi connectivity index (χ4v) is 2.64. The van der Waals surface area contributed by atoms with Crippen molar-refractivity contribution in [3.8, 4) is 5.75 Å². The number of methoxy groups -OCH3 is 1. The third-order valence-electron chi connectivity index (χ3n) is 3.72. The molecule has 0 atom stereocenters. The van der Waals surface area contributed by atoms with Gasteiger partial charge in [-0.15, -0.1) is 0 Å². The topological polar surface area (TPSA) is 47.0 Å². The van der Waals surface area contributed by atoms with Gasteiger partial charge >= 0.3 is 0 Å². The summed E-state index contributed by atoms with van der Waals surface area (Å²) in [4.78, 5) is 8.79. The minimum Gasteiger partial charge on any atom is -0.497 e. The van der Waals surface area contributed by atoms with Crippen molar-refractivity contribution in [3.05, 3.63) is 47.4 Å². The third kappa shape index (κ3) is 2.74. The van der Waals surface area contributed by atoms with Crippen LogP contribution in [0.4, 0.5) is 5.82 Å². The molecule has 0 fully saturated rings. The molecule has 0 amide bonds. The Labute approximate surface area is 119 Å². The van der Waals surface area contributed by atoms with Gasteiger partial charge < -0.3 is 10.1 Å². The number of anilines is 1. The third-order valence-corrected chi connectivity index (χ3v) is 3.72. The minimum atomic E-state index is 0.751. The Kier molecular flexibility index (Phi) is 3.81. The highest BCUT2D eigenvalue weighted by atomic mass is 16.5. The first-order valence-electron chi connectivity index (χ1n) is 7.06. The van der Waals surface area contributed by atoms with Crippen LogP contribution >= 0.6 is 0 Å². The van der Waals surface area contributed by atoms with Crippen molar-refractivity contribution in [1.82, 2.24) is 9.97 Å². The van der Waals surface area contributed by atoms with Crippen LogP contribution < -0.4 is 10.1 Å². The second kappa shape index (κ2) is 5.90. The van der Waals surface area contributed by atoms with E-state index < -0.39 is 0 Å². The molecule has 0 aliphatic heterocycles. The van der Waals surface area contributed by atoms with Crippen molar-refractivity contribution in [2.24, 2.45) is 0 Å². The van der Waals surface area contributed by atoms with Crippen molar-refractivity contribution in [2.75, 3.05) is 12.4 Å². The average molecular weight is 269 g/mol. The van der Waals surface area contributed by atoms with Crippen LogP contribution in [0.1, 0.15) is 29.7 Å². The number of nitrogens with zero attached hydrogens (tertiary/aromatic N) is 2. The highest BCUT2D eigenvalue weighted by Gasteiger charge is 2.15. The van der Waals surface area contributed by atoms with Gasteiger partial charge in [0.05, 0.1) is 7.11 Å². The van der Waals surface area contributed by atoms with E-state index in [9.17, 15) is 0 Å². The van der Waals surface area contributed by atoms with Crippen molar-refractivity contribution in [1.29, 1.82) is 0 Å². The molecule has 0 saturated heterocycles. The number of benzene rings is 1. The van der Waals surface area contributed by atoms with Crippen molar-refractivity contribution < 1.29 is 4.74 Å². The molecule has 20 heavy (non-hydrogen) atoms. The Balaban J connectivity index is 1.75. The van der Waals surface area contributed by atoms with Crippen LogP contribution in [-0.4, -0.2) is 17.1 Å². The van der Waals surface area contributed by atoms with Crippen LogP contribution in [0.2, 0.25) is 0 Å². The van der Waals surface area contributed by atoms with Crippen LogP contribution in [0.25, 0.3) is 0 Å². The van der Waals surface area contributed by atoms with E-state index in [4.69, 9.17) is 4.74 Å². The molecular weight excluding hydrogens is 250 g/mol. The van der Waals surface area contributed by atoms with Gasteiger partial charge in [0.1, 0.15) is 17.9 Å². The second-order valence-electron chi connectivity index (χ2n) is 5.06. The summed E-state index contributed by atoms with van der Waals surface area (Å²) < 4.78 is 5.24. The summed E-state index contributed by atoms with van der Waals surface area (Å²) in [7, 11) is 1.69. The van der Waals surface area contributed by atoms with Gasteiger partial charge in [-0.05, 0) is 43.4 Å². The van der Waals surface area contributed by atoms with Gasteiger partial charge in [0.15, 0.2) is 0 Å². The van der Waals surface area contributed by atoms with E-state index in [0.29, 0.717) is 0 Å². The summed E-state index contributed by atoms with van der Waals surface area (Å²) in [6.07, 6.45) is 6.29. The first kappa shape index (κ1) is 12.9. The number of hydrogen-bond donors (Lipinski definition) is 1. The van der Waals surface area contributed by atoms with E-state index in [0.717, 1.165) is 31.0 Å². The molecule has 1 heterocycles. The van der Waals surface area contributed by atoms with Gasteiger partial charge in [-0.25, -0.2) is 9.97 Å². The van der Waals surface area contributed by atoms with Crippen molar-refractivity contribution >= 4 is 5.82 Å². The first-order valence-corrected chi connectivity index (χ1v) is 7.06. The molecule has 4 nitrogen and oxygen atoms in total. The van der Waals surface area contributed by atoms with Gasteiger partial charge in [-0.3, -0.25) is 0 Å². The molecule has 0 bridgehead atoms. The van der Waals surface area contributed by atoms with Crippen molar-refractivity contribution in [2.45, 2.75) is 32.2 Å². The Bertz CT molecular complexity index is 598. The number of ether oxygens (including phenoxy) is 1. The average Bonchev–Trinajstić information content (AvgIpc) is 2.53. The lowest BCUT2D eigenvalue weighted by molar-refractivity contribution is 0.414. The van der Waals surface area contributed by atoms with E-state index in [1.54, 1.807) is 13.4 Å². The van der Waals surface area contributed by atoms with Crippen LogP contribution in [0.5, 0.6) is 5.75 Å². The van der Waals surface area contributed by atoms with E-state index in [2.05, 4.69) is 21.4 Å². The maximum atomic E-state index is 5.24. The summed E-state index contributed by atoms with van der Waals surface area (Å²) in [5.41, 5.74) is 3.69. The Morgan fingerprint density at radius 3 is 3.00 bits per heavy atom. The van der Waals surface area contributed by atoms with E-state index in [-0.39, 0.29) is 0 Å². The Hall–Kier alpha value is -2.10. The van der Waals surface area contributed by atoms with Gasteiger partial charge in [0, 0.05) is 17.8 Å².